The third-order valence-corrected chi connectivity index (χ3v) is 5.66. The number of rotatable bonds is 9. The Labute approximate surface area is 170 Å². The molecule has 0 bridgehead atoms. The number of carbonyl (C=O) groups is 4. The van der Waals surface area contributed by atoms with E-state index in [9.17, 15) is 19.2 Å². The molecular formula is C21H30O8. The second-order valence-electron chi connectivity index (χ2n) is 7.65. The fourth-order valence-corrected chi connectivity index (χ4v) is 4.05. The largest absolute Gasteiger partial charge is 0.466 e. The van der Waals surface area contributed by atoms with E-state index in [2.05, 4.69) is 6.58 Å². The van der Waals surface area contributed by atoms with Crippen LogP contribution in [0.3, 0.4) is 0 Å². The number of hydrogen-bond donors (Lipinski definition) is 0. The van der Waals surface area contributed by atoms with Gasteiger partial charge in [-0.3, -0.25) is 4.79 Å². The summed E-state index contributed by atoms with van der Waals surface area (Å²) < 4.78 is 20.1. The molecule has 0 aromatic heterocycles. The van der Waals surface area contributed by atoms with Gasteiger partial charge in [0.2, 0.25) is 12.2 Å². The molecule has 2 saturated carbocycles. The number of ether oxygens (including phenoxy) is 4. The summed E-state index contributed by atoms with van der Waals surface area (Å²) in [6, 6.07) is 0. The van der Waals surface area contributed by atoms with Crippen LogP contribution in [0.4, 0.5) is 0 Å². The quantitative estimate of drug-likeness (QED) is 0.324. The smallest absolute Gasteiger partial charge is 0.347 e. The van der Waals surface area contributed by atoms with Gasteiger partial charge in [-0.05, 0) is 25.7 Å². The van der Waals surface area contributed by atoms with E-state index in [4.69, 9.17) is 18.9 Å². The molecule has 8 nitrogen and oxygen atoms in total. The topological polar surface area (TPSA) is 105 Å². The van der Waals surface area contributed by atoms with Crippen LogP contribution in [0.5, 0.6) is 0 Å². The van der Waals surface area contributed by atoms with Gasteiger partial charge < -0.3 is 18.9 Å². The molecule has 2 fully saturated rings. The first-order chi connectivity index (χ1) is 13.9. The summed E-state index contributed by atoms with van der Waals surface area (Å²) in [5.74, 6) is -3.02. The van der Waals surface area contributed by atoms with Crippen molar-refractivity contribution in [2.75, 3.05) is 14.2 Å². The van der Waals surface area contributed by atoms with Crippen LogP contribution < -0.4 is 0 Å². The number of methoxy groups -OCH3 is 2. The maximum atomic E-state index is 12.4. The van der Waals surface area contributed by atoms with Crippen LogP contribution >= 0.6 is 0 Å². The molecule has 29 heavy (non-hydrogen) atoms. The molecule has 2 atom stereocenters. The molecule has 0 heterocycles. The highest BCUT2D eigenvalue weighted by Crippen LogP contribution is 2.31. The summed E-state index contributed by atoms with van der Waals surface area (Å²) in [6.07, 6.45) is 4.50. The van der Waals surface area contributed by atoms with Crippen molar-refractivity contribution in [1.82, 2.24) is 0 Å². The molecular weight excluding hydrogens is 380 g/mol. The Morgan fingerprint density at radius 3 is 1.62 bits per heavy atom. The second-order valence-corrected chi connectivity index (χ2v) is 7.65. The molecule has 2 aliphatic rings. The van der Waals surface area contributed by atoms with Gasteiger partial charge in [0.25, 0.3) is 0 Å². The van der Waals surface area contributed by atoms with E-state index in [0.29, 0.717) is 0 Å². The normalized spacial score (nSPS) is 19.2. The van der Waals surface area contributed by atoms with Crippen LogP contribution in [0.2, 0.25) is 0 Å². The van der Waals surface area contributed by atoms with Gasteiger partial charge in [-0.25, -0.2) is 14.4 Å². The van der Waals surface area contributed by atoms with Crippen molar-refractivity contribution in [3.63, 3.8) is 0 Å². The molecule has 0 saturated heterocycles. The summed E-state index contributed by atoms with van der Waals surface area (Å²) in [7, 11) is 2.48. The molecule has 0 aromatic carbocycles. The van der Waals surface area contributed by atoms with Crippen LogP contribution in [0, 0.1) is 11.8 Å². The maximum absolute atomic E-state index is 12.4. The fraction of sp³-hybridized carbons (Fsp3) is 0.714. The zero-order valence-electron chi connectivity index (χ0n) is 17.1. The fourth-order valence-electron chi connectivity index (χ4n) is 4.05. The lowest BCUT2D eigenvalue weighted by molar-refractivity contribution is -0.171. The summed E-state index contributed by atoms with van der Waals surface area (Å²) in [5.41, 5.74) is -0.142. The zero-order chi connectivity index (χ0) is 21.4. The van der Waals surface area contributed by atoms with Crippen LogP contribution in [-0.4, -0.2) is 50.3 Å². The van der Waals surface area contributed by atoms with E-state index in [-0.39, 0.29) is 17.4 Å². The molecule has 2 rings (SSSR count). The van der Waals surface area contributed by atoms with Crippen molar-refractivity contribution in [2.24, 2.45) is 11.8 Å². The van der Waals surface area contributed by atoms with E-state index in [1.165, 1.54) is 14.2 Å². The van der Waals surface area contributed by atoms with Crippen molar-refractivity contribution in [3.05, 3.63) is 12.2 Å². The number of esters is 4. The third kappa shape index (κ3) is 6.30. The Bertz CT molecular complexity index is 629. The highest BCUT2D eigenvalue weighted by atomic mass is 16.6. The van der Waals surface area contributed by atoms with E-state index in [1.807, 2.05) is 0 Å². The van der Waals surface area contributed by atoms with Gasteiger partial charge in [0.1, 0.15) is 0 Å². The highest BCUT2D eigenvalue weighted by Gasteiger charge is 2.37. The van der Waals surface area contributed by atoms with Crippen LogP contribution in [-0.2, 0) is 38.1 Å². The molecule has 0 N–H and O–H groups in total. The monoisotopic (exact) mass is 410 g/mol. The minimum atomic E-state index is -1.01. The zero-order valence-corrected chi connectivity index (χ0v) is 17.1. The lowest BCUT2D eigenvalue weighted by Crippen LogP contribution is -2.36. The maximum Gasteiger partial charge on any atom is 0.347 e. The van der Waals surface area contributed by atoms with Crippen molar-refractivity contribution in [3.8, 4) is 0 Å². The van der Waals surface area contributed by atoms with Gasteiger partial charge in [0.15, 0.2) is 0 Å². The molecule has 0 spiro atoms. The van der Waals surface area contributed by atoms with Gasteiger partial charge >= 0.3 is 23.9 Å². The number of carbonyl (C=O) groups excluding carboxylic acids is 4. The third-order valence-electron chi connectivity index (χ3n) is 5.66. The summed E-state index contributed by atoms with van der Waals surface area (Å²) in [4.78, 5) is 48.7. The predicted octanol–water partition coefficient (Wildman–Crippen LogP) is 2.48. The van der Waals surface area contributed by atoms with E-state index >= 15 is 0 Å². The first kappa shape index (κ1) is 22.9. The average Bonchev–Trinajstić information content (AvgIpc) is 3.42. The predicted molar refractivity (Wildman–Crippen MR) is 101 cm³/mol. The molecule has 162 valence electrons. The van der Waals surface area contributed by atoms with Gasteiger partial charge in [0.05, 0.1) is 20.6 Å². The minimum Gasteiger partial charge on any atom is -0.466 e. The molecule has 0 radical (unpaired) electrons. The minimum absolute atomic E-state index is 0.0855. The van der Waals surface area contributed by atoms with Crippen LogP contribution in [0.15, 0.2) is 12.2 Å². The van der Waals surface area contributed by atoms with Gasteiger partial charge in [0, 0.05) is 17.4 Å². The van der Waals surface area contributed by atoms with Crippen molar-refractivity contribution in [1.29, 1.82) is 0 Å². The Morgan fingerprint density at radius 2 is 1.21 bits per heavy atom. The average molecular weight is 410 g/mol. The molecule has 0 aliphatic heterocycles. The molecule has 8 heteroatoms. The van der Waals surface area contributed by atoms with E-state index in [1.54, 1.807) is 0 Å². The Balaban J connectivity index is 1.92. The van der Waals surface area contributed by atoms with Gasteiger partial charge in [-0.15, -0.1) is 0 Å². The van der Waals surface area contributed by atoms with Crippen LogP contribution in [0.1, 0.15) is 57.8 Å². The molecule has 2 aliphatic carbocycles. The van der Waals surface area contributed by atoms with Crippen molar-refractivity contribution >= 4 is 23.9 Å². The first-order valence-corrected chi connectivity index (χ1v) is 10.1. The van der Waals surface area contributed by atoms with Gasteiger partial charge in [-0.1, -0.05) is 32.3 Å². The SMILES string of the molecule is C=C(CC(=O)OC(C(=O)OC)C1CCCC1)C(=O)OC(C(=O)OC)C1CCCC1. The lowest BCUT2D eigenvalue weighted by atomic mass is 10.0. The Kier molecular flexibility index (Phi) is 8.67. The van der Waals surface area contributed by atoms with E-state index in [0.717, 1.165) is 51.4 Å². The lowest BCUT2D eigenvalue weighted by Gasteiger charge is -2.22. The van der Waals surface area contributed by atoms with Crippen LogP contribution in [0.25, 0.3) is 0 Å². The molecule has 0 amide bonds. The molecule has 2 unspecified atom stereocenters. The number of hydrogen-bond acceptors (Lipinski definition) is 8. The summed E-state index contributed by atoms with van der Waals surface area (Å²) in [6.45, 7) is 3.59. The highest BCUT2D eigenvalue weighted by molar-refractivity contribution is 5.95. The molecule has 0 aromatic rings. The Hall–Kier alpha value is -2.38. The van der Waals surface area contributed by atoms with E-state index < -0.39 is 42.5 Å². The Morgan fingerprint density at radius 1 is 0.793 bits per heavy atom. The van der Waals surface area contributed by atoms with Gasteiger partial charge in [-0.2, -0.15) is 0 Å². The van der Waals surface area contributed by atoms with Crippen molar-refractivity contribution in [2.45, 2.75) is 70.0 Å². The van der Waals surface area contributed by atoms with Crippen molar-refractivity contribution < 1.29 is 38.1 Å². The summed E-state index contributed by atoms with van der Waals surface area (Å²) >= 11 is 0. The second kappa shape index (κ2) is 11.0. The first-order valence-electron chi connectivity index (χ1n) is 10.1. The summed E-state index contributed by atoms with van der Waals surface area (Å²) in [5, 5.41) is 0. The standard InChI is InChI=1S/C21H30O8/c1-13(19(23)29-18(21(25)27-3)15-10-6-7-11-15)12-16(22)28-17(20(24)26-2)14-8-4-5-9-14/h14-15,17-18H,1,4-12H2,2-3H3.